The van der Waals surface area contributed by atoms with Gasteiger partial charge in [0.2, 0.25) is 0 Å². The van der Waals surface area contributed by atoms with Gasteiger partial charge in [0.15, 0.2) is 0 Å². The van der Waals surface area contributed by atoms with Gasteiger partial charge in [0.25, 0.3) is 0 Å². The summed E-state index contributed by atoms with van der Waals surface area (Å²) in [4.78, 5) is 2.32. The molecule has 0 amide bonds. The molecule has 0 saturated heterocycles. The molecule has 2 nitrogen and oxygen atoms in total. The summed E-state index contributed by atoms with van der Waals surface area (Å²) >= 11 is 0. The van der Waals surface area contributed by atoms with Crippen molar-refractivity contribution in [2.75, 3.05) is 13.6 Å². The third kappa shape index (κ3) is 3.08. The maximum atomic E-state index is 10.3. The standard InChI is InChI=1S/C15H23NO/c1-12-7-3-6-10-14(12)15(17)11-16(2)13-8-4-5-9-13/h3,6-7,10,13,15,17H,4-5,8-9,11H2,1-2H3. The Bertz CT molecular complexity index is 358. The predicted molar refractivity (Wildman–Crippen MR) is 71.0 cm³/mol. The maximum absolute atomic E-state index is 10.3. The van der Waals surface area contributed by atoms with Crippen LogP contribution in [0.2, 0.25) is 0 Å². The molecule has 0 bridgehead atoms. The summed E-state index contributed by atoms with van der Waals surface area (Å²) in [6, 6.07) is 8.79. The molecule has 1 saturated carbocycles. The molecule has 1 N–H and O–H groups in total. The molecule has 0 aliphatic heterocycles. The van der Waals surface area contributed by atoms with Gasteiger partial charge in [0, 0.05) is 12.6 Å². The van der Waals surface area contributed by atoms with Gasteiger partial charge in [-0.05, 0) is 37.9 Å². The average Bonchev–Trinajstić information content (AvgIpc) is 2.82. The van der Waals surface area contributed by atoms with Gasteiger partial charge < -0.3 is 10.0 Å². The van der Waals surface area contributed by atoms with Gasteiger partial charge in [0.05, 0.1) is 6.10 Å². The zero-order valence-corrected chi connectivity index (χ0v) is 10.9. The largest absolute Gasteiger partial charge is 0.387 e. The first-order valence-corrected chi connectivity index (χ1v) is 6.62. The molecule has 0 radical (unpaired) electrons. The Balaban J connectivity index is 1.96. The fraction of sp³-hybridized carbons (Fsp3) is 0.600. The van der Waals surface area contributed by atoms with Crippen LogP contribution >= 0.6 is 0 Å². The summed E-state index contributed by atoms with van der Waals surface area (Å²) in [6.45, 7) is 2.81. The Labute approximate surface area is 104 Å². The van der Waals surface area contributed by atoms with Crippen LogP contribution in [0.5, 0.6) is 0 Å². The van der Waals surface area contributed by atoms with Crippen molar-refractivity contribution in [2.45, 2.75) is 44.8 Å². The van der Waals surface area contributed by atoms with E-state index in [9.17, 15) is 5.11 Å². The van der Waals surface area contributed by atoms with Crippen molar-refractivity contribution < 1.29 is 5.11 Å². The molecule has 2 heteroatoms. The highest BCUT2D eigenvalue weighted by atomic mass is 16.3. The third-order valence-corrected chi connectivity index (χ3v) is 3.96. The van der Waals surface area contributed by atoms with Crippen LogP contribution in [0.25, 0.3) is 0 Å². The van der Waals surface area contributed by atoms with E-state index in [1.54, 1.807) is 0 Å². The number of hydrogen-bond donors (Lipinski definition) is 1. The van der Waals surface area contributed by atoms with Crippen molar-refractivity contribution in [3.63, 3.8) is 0 Å². The molecule has 17 heavy (non-hydrogen) atoms. The van der Waals surface area contributed by atoms with E-state index in [-0.39, 0.29) is 6.10 Å². The monoisotopic (exact) mass is 233 g/mol. The second kappa shape index (κ2) is 5.65. The van der Waals surface area contributed by atoms with Gasteiger partial charge in [-0.15, -0.1) is 0 Å². The highest BCUT2D eigenvalue weighted by Crippen LogP contribution is 2.25. The molecule has 1 fully saturated rings. The number of likely N-dealkylation sites (N-methyl/N-ethyl adjacent to an activating group) is 1. The molecule has 1 aromatic carbocycles. The van der Waals surface area contributed by atoms with Crippen molar-refractivity contribution in [1.82, 2.24) is 4.90 Å². The highest BCUT2D eigenvalue weighted by Gasteiger charge is 2.22. The van der Waals surface area contributed by atoms with Gasteiger partial charge in [-0.3, -0.25) is 0 Å². The van der Waals surface area contributed by atoms with Crippen molar-refractivity contribution >= 4 is 0 Å². The van der Waals surface area contributed by atoms with Gasteiger partial charge in [0.1, 0.15) is 0 Å². The Morgan fingerprint density at radius 1 is 1.29 bits per heavy atom. The normalized spacial score (nSPS) is 18.8. The van der Waals surface area contributed by atoms with Crippen LogP contribution in [0.4, 0.5) is 0 Å². The molecule has 0 aromatic heterocycles. The SMILES string of the molecule is Cc1ccccc1C(O)CN(C)C1CCCC1. The molecule has 1 aliphatic carbocycles. The van der Waals surface area contributed by atoms with Crippen LogP contribution < -0.4 is 0 Å². The molecule has 0 heterocycles. The lowest BCUT2D eigenvalue weighted by Crippen LogP contribution is -2.33. The summed E-state index contributed by atoms with van der Waals surface area (Å²) < 4.78 is 0. The summed E-state index contributed by atoms with van der Waals surface area (Å²) in [6.07, 6.45) is 4.90. The van der Waals surface area contributed by atoms with Crippen molar-refractivity contribution in [3.8, 4) is 0 Å². The van der Waals surface area contributed by atoms with E-state index in [0.29, 0.717) is 6.04 Å². The zero-order chi connectivity index (χ0) is 12.3. The number of hydrogen-bond acceptors (Lipinski definition) is 2. The second-order valence-corrected chi connectivity index (χ2v) is 5.25. The Morgan fingerprint density at radius 3 is 2.59 bits per heavy atom. The summed E-state index contributed by atoms with van der Waals surface area (Å²) in [5.41, 5.74) is 2.25. The molecular formula is C15H23NO. The van der Waals surface area contributed by atoms with Crippen molar-refractivity contribution in [2.24, 2.45) is 0 Å². The van der Waals surface area contributed by atoms with Crippen LogP contribution in [0.15, 0.2) is 24.3 Å². The van der Waals surface area contributed by atoms with Crippen LogP contribution in [0, 0.1) is 6.92 Å². The van der Waals surface area contributed by atoms with Crippen LogP contribution in [-0.2, 0) is 0 Å². The number of aliphatic hydroxyl groups is 1. The molecular weight excluding hydrogens is 210 g/mol. The minimum atomic E-state index is -0.359. The smallest absolute Gasteiger partial charge is 0.0919 e. The van der Waals surface area contributed by atoms with Gasteiger partial charge in [-0.2, -0.15) is 0 Å². The Kier molecular flexibility index (Phi) is 4.19. The number of aliphatic hydroxyl groups excluding tert-OH is 1. The molecule has 1 unspecified atom stereocenters. The fourth-order valence-corrected chi connectivity index (χ4v) is 2.83. The van der Waals surface area contributed by atoms with Crippen molar-refractivity contribution in [1.29, 1.82) is 0 Å². The van der Waals surface area contributed by atoms with E-state index in [1.807, 2.05) is 18.2 Å². The number of benzene rings is 1. The predicted octanol–water partition coefficient (Wildman–Crippen LogP) is 2.90. The van der Waals surface area contributed by atoms with Gasteiger partial charge >= 0.3 is 0 Å². The first-order valence-electron chi connectivity index (χ1n) is 6.62. The molecule has 1 atom stereocenters. The lowest BCUT2D eigenvalue weighted by molar-refractivity contribution is 0.105. The summed E-state index contributed by atoms with van der Waals surface area (Å²) in [5.74, 6) is 0. The first kappa shape index (κ1) is 12.6. The number of rotatable bonds is 4. The highest BCUT2D eigenvalue weighted by molar-refractivity contribution is 5.27. The number of nitrogens with zero attached hydrogens (tertiary/aromatic N) is 1. The molecule has 0 spiro atoms. The summed E-state index contributed by atoms with van der Waals surface area (Å²) in [5, 5.41) is 10.3. The van der Waals surface area contributed by atoms with E-state index >= 15 is 0 Å². The maximum Gasteiger partial charge on any atom is 0.0919 e. The lowest BCUT2D eigenvalue weighted by atomic mass is 10.0. The van der Waals surface area contributed by atoms with Crippen LogP contribution in [0.3, 0.4) is 0 Å². The molecule has 1 aliphatic rings. The topological polar surface area (TPSA) is 23.5 Å². The van der Waals surface area contributed by atoms with E-state index in [2.05, 4.69) is 24.9 Å². The number of aryl methyl sites for hydroxylation is 1. The van der Waals surface area contributed by atoms with Crippen LogP contribution in [-0.4, -0.2) is 29.6 Å². The Morgan fingerprint density at radius 2 is 1.94 bits per heavy atom. The van der Waals surface area contributed by atoms with Gasteiger partial charge in [-0.25, -0.2) is 0 Å². The minimum Gasteiger partial charge on any atom is -0.387 e. The average molecular weight is 233 g/mol. The third-order valence-electron chi connectivity index (χ3n) is 3.96. The molecule has 1 aromatic rings. The fourth-order valence-electron chi connectivity index (χ4n) is 2.83. The van der Waals surface area contributed by atoms with Crippen molar-refractivity contribution in [3.05, 3.63) is 35.4 Å². The zero-order valence-electron chi connectivity index (χ0n) is 10.9. The molecule has 2 rings (SSSR count). The van der Waals surface area contributed by atoms with Crippen LogP contribution in [0.1, 0.15) is 42.9 Å². The van der Waals surface area contributed by atoms with E-state index in [1.165, 1.54) is 31.2 Å². The van der Waals surface area contributed by atoms with E-state index < -0.39 is 0 Å². The quantitative estimate of drug-likeness (QED) is 0.864. The van der Waals surface area contributed by atoms with E-state index in [4.69, 9.17) is 0 Å². The first-order chi connectivity index (χ1) is 8.18. The molecule has 94 valence electrons. The summed E-state index contributed by atoms with van der Waals surface area (Å²) in [7, 11) is 2.14. The minimum absolute atomic E-state index is 0.359. The lowest BCUT2D eigenvalue weighted by Gasteiger charge is -2.27. The second-order valence-electron chi connectivity index (χ2n) is 5.25. The van der Waals surface area contributed by atoms with E-state index in [0.717, 1.165) is 12.1 Å². The Hall–Kier alpha value is -0.860. The van der Waals surface area contributed by atoms with Gasteiger partial charge in [-0.1, -0.05) is 37.1 Å².